The van der Waals surface area contributed by atoms with Gasteiger partial charge in [-0.1, -0.05) is 12.1 Å². The molecule has 0 atom stereocenters. The van der Waals surface area contributed by atoms with Gasteiger partial charge >= 0.3 is 0 Å². The van der Waals surface area contributed by atoms with Crippen molar-refractivity contribution < 1.29 is 15.0 Å². The summed E-state index contributed by atoms with van der Waals surface area (Å²) in [7, 11) is 1.61. The third kappa shape index (κ3) is 2.58. The van der Waals surface area contributed by atoms with Crippen LogP contribution < -0.4 is 0 Å². The zero-order chi connectivity index (χ0) is 13.2. The molecular formula is C13H19NO3. The first kappa shape index (κ1) is 13.5. The van der Waals surface area contributed by atoms with Crippen LogP contribution in [0.2, 0.25) is 0 Å². The molecule has 0 saturated heterocycles. The van der Waals surface area contributed by atoms with Gasteiger partial charge in [0.05, 0.1) is 17.7 Å². The van der Waals surface area contributed by atoms with Crippen LogP contribution >= 0.6 is 0 Å². The molecule has 4 nitrogen and oxygen atoms in total. The van der Waals surface area contributed by atoms with E-state index in [0.717, 1.165) is 0 Å². The van der Waals surface area contributed by atoms with Crippen LogP contribution in [0.5, 0.6) is 5.75 Å². The molecule has 0 fully saturated rings. The van der Waals surface area contributed by atoms with Crippen molar-refractivity contribution in [2.75, 3.05) is 13.7 Å². The number of aliphatic hydroxyl groups excluding tert-OH is 1. The predicted molar refractivity (Wildman–Crippen MR) is 66.1 cm³/mol. The molecule has 4 heteroatoms. The van der Waals surface area contributed by atoms with Gasteiger partial charge in [0.2, 0.25) is 0 Å². The van der Waals surface area contributed by atoms with Gasteiger partial charge in [-0.2, -0.15) is 0 Å². The number of aromatic hydroxyl groups is 1. The van der Waals surface area contributed by atoms with Gasteiger partial charge in [0.15, 0.2) is 0 Å². The number of carbonyl (C=O) groups excluding carboxylic acids is 1. The molecule has 0 saturated carbocycles. The summed E-state index contributed by atoms with van der Waals surface area (Å²) >= 11 is 0. The number of carbonyl (C=O) groups is 1. The largest absolute Gasteiger partial charge is 0.507 e. The molecule has 17 heavy (non-hydrogen) atoms. The molecule has 94 valence electrons. The van der Waals surface area contributed by atoms with E-state index >= 15 is 0 Å². The summed E-state index contributed by atoms with van der Waals surface area (Å²) in [6.07, 6.45) is 0. The number of aliphatic hydroxyl groups is 1. The number of phenolic OH excluding ortho intramolecular Hbond substituents is 1. The van der Waals surface area contributed by atoms with Gasteiger partial charge in [-0.05, 0) is 32.4 Å². The molecule has 1 aromatic carbocycles. The molecule has 0 radical (unpaired) electrons. The lowest BCUT2D eigenvalue weighted by atomic mass is 10.0. The Labute approximate surface area is 101 Å². The number of aryl methyl sites for hydroxylation is 1. The second-order valence-electron chi connectivity index (χ2n) is 4.81. The van der Waals surface area contributed by atoms with E-state index in [2.05, 4.69) is 0 Å². The zero-order valence-electron chi connectivity index (χ0n) is 10.7. The Morgan fingerprint density at radius 2 is 2.00 bits per heavy atom. The standard InChI is InChI=1S/C13H19NO3/c1-9-6-5-7-10(11(9)16)12(17)14(4)13(2,3)8-15/h5-7,15-16H,8H2,1-4H3. The van der Waals surface area contributed by atoms with Crippen molar-refractivity contribution >= 4 is 5.91 Å². The van der Waals surface area contributed by atoms with E-state index in [0.29, 0.717) is 5.56 Å². The molecule has 1 aromatic rings. The Morgan fingerprint density at radius 3 is 2.53 bits per heavy atom. The van der Waals surface area contributed by atoms with E-state index in [1.165, 1.54) is 4.90 Å². The number of para-hydroxylation sites is 1. The summed E-state index contributed by atoms with van der Waals surface area (Å²) in [6, 6.07) is 5.04. The average molecular weight is 237 g/mol. The zero-order valence-corrected chi connectivity index (χ0v) is 10.7. The molecule has 0 aliphatic heterocycles. The van der Waals surface area contributed by atoms with Crippen molar-refractivity contribution in [1.82, 2.24) is 4.90 Å². The first-order chi connectivity index (χ1) is 7.81. The highest BCUT2D eigenvalue weighted by molar-refractivity contribution is 5.97. The second kappa shape index (κ2) is 4.75. The summed E-state index contributed by atoms with van der Waals surface area (Å²) in [4.78, 5) is 13.6. The van der Waals surface area contributed by atoms with E-state index < -0.39 is 5.54 Å². The van der Waals surface area contributed by atoms with Gasteiger partial charge in [0, 0.05) is 7.05 Å². The average Bonchev–Trinajstić information content (AvgIpc) is 2.30. The number of hydrogen-bond donors (Lipinski definition) is 2. The minimum absolute atomic E-state index is 0.00177. The Bertz CT molecular complexity index is 427. The number of benzene rings is 1. The van der Waals surface area contributed by atoms with Crippen molar-refractivity contribution in [1.29, 1.82) is 0 Å². The Hall–Kier alpha value is -1.55. The van der Waals surface area contributed by atoms with Crippen molar-refractivity contribution in [2.45, 2.75) is 26.3 Å². The molecule has 2 N–H and O–H groups in total. The Morgan fingerprint density at radius 1 is 1.41 bits per heavy atom. The summed E-state index contributed by atoms with van der Waals surface area (Å²) in [5, 5.41) is 19.1. The van der Waals surface area contributed by atoms with Gasteiger partial charge in [0.1, 0.15) is 5.75 Å². The van der Waals surface area contributed by atoms with Gasteiger partial charge in [-0.25, -0.2) is 0 Å². The maximum absolute atomic E-state index is 12.2. The summed E-state index contributed by atoms with van der Waals surface area (Å²) < 4.78 is 0. The molecule has 0 bridgehead atoms. The lowest BCUT2D eigenvalue weighted by Gasteiger charge is -2.34. The molecule has 0 heterocycles. The van der Waals surface area contributed by atoms with E-state index in [4.69, 9.17) is 0 Å². The molecule has 0 aromatic heterocycles. The topological polar surface area (TPSA) is 60.8 Å². The van der Waals surface area contributed by atoms with Crippen molar-refractivity contribution in [2.24, 2.45) is 0 Å². The minimum atomic E-state index is -0.659. The third-order valence-electron chi connectivity index (χ3n) is 3.07. The van der Waals surface area contributed by atoms with Gasteiger partial charge in [-0.15, -0.1) is 0 Å². The number of nitrogens with zero attached hydrogens (tertiary/aromatic N) is 1. The van der Waals surface area contributed by atoms with E-state index in [1.807, 2.05) is 0 Å². The number of hydrogen-bond acceptors (Lipinski definition) is 3. The first-order valence-corrected chi connectivity index (χ1v) is 5.49. The van der Waals surface area contributed by atoms with Crippen LogP contribution in [0.4, 0.5) is 0 Å². The quantitative estimate of drug-likeness (QED) is 0.838. The highest BCUT2D eigenvalue weighted by Gasteiger charge is 2.28. The van der Waals surface area contributed by atoms with E-state index in [-0.39, 0.29) is 23.8 Å². The molecule has 1 amide bonds. The maximum atomic E-state index is 12.2. The lowest BCUT2D eigenvalue weighted by Crippen LogP contribution is -2.47. The molecule has 0 aliphatic carbocycles. The summed E-state index contributed by atoms with van der Waals surface area (Å²) in [6.45, 7) is 5.13. The van der Waals surface area contributed by atoms with Crippen LogP contribution in [0, 0.1) is 6.92 Å². The van der Waals surface area contributed by atoms with Crippen LogP contribution in [0.3, 0.4) is 0 Å². The van der Waals surface area contributed by atoms with Crippen molar-refractivity contribution in [3.05, 3.63) is 29.3 Å². The first-order valence-electron chi connectivity index (χ1n) is 5.49. The van der Waals surface area contributed by atoms with Crippen LogP contribution in [-0.2, 0) is 0 Å². The fourth-order valence-corrected chi connectivity index (χ4v) is 1.39. The Kier molecular flexibility index (Phi) is 3.78. The maximum Gasteiger partial charge on any atom is 0.257 e. The van der Waals surface area contributed by atoms with Crippen LogP contribution in [-0.4, -0.2) is 40.2 Å². The number of rotatable bonds is 3. The molecule has 1 rings (SSSR count). The van der Waals surface area contributed by atoms with Gasteiger partial charge in [0.25, 0.3) is 5.91 Å². The smallest absolute Gasteiger partial charge is 0.257 e. The molecule has 0 unspecified atom stereocenters. The van der Waals surface area contributed by atoms with Crippen LogP contribution in [0.1, 0.15) is 29.8 Å². The fourth-order valence-electron chi connectivity index (χ4n) is 1.39. The highest BCUT2D eigenvalue weighted by atomic mass is 16.3. The van der Waals surface area contributed by atoms with E-state index in [9.17, 15) is 15.0 Å². The second-order valence-corrected chi connectivity index (χ2v) is 4.81. The van der Waals surface area contributed by atoms with Gasteiger partial charge < -0.3 is 15.1 Å². The highest BCUT2D eigenvalue weighted by Crippen LogP contribution is 2.24. The predicted octanol–water partition coefficient (Wildman–Crippen LogP) is 1.54. The molecular weight excluding hydrogens is 218 g/mol. The van der Waals surface area contributed by atoms with Gasteiger partial charge in [-0.3, -0.25) is 4.79 Å². The summed E-state index contributed by atoms with van der Waals surface area (Å²) in [5.41, 5.74) is 0.257. The third-order valence-corrected chi connectivity index (χ3v) is 3.07. The van der Waals surface area contributed by atoms with E-state index in [1.54, 1.807) is 46.0 Å². The van der Waals surface area contributed by atoms with Crippen molar-refractivity contribution in [3.63, 3.8) is 0 Å². The minimum Gasteiger partial charge on any atom is -0.507 e. The lowest BCUT2D eigenvalue weighted by molar-refractivity contribution is 0.0470. The fraction of sp³-hybridized carbons (Fsp3) is 0.462. The normalized spacial score (nSPS) is 11.4. The molecule has 0 aliphatic rings. The number of phenols is 1. The SMILES string of the molecule is Cc1cccc(C(=O)N(C)C(C)(C)CO)c1O. The monoisotopic (exact) mass is 237 g/mol. The number of amides is 1. The van der Waals surface area contributed by atoms with Crippen molar-refractivity contribution in [3.8, 4) is 5.75 Å². The van der Waals surface area contributed by atoms with Crippen LogP contribution in [0.25, 0.3) is 0 Å². The Balaban J connectivity index is 3.09. The summed E-state index contributed by atoms with van der Waals surface area (Å²) in [5.74, 6) is -0.302. The number of likely N-dealkylation sites (N-methyl/N-ethyl adjacent to an activating group) is 1. The van der Waals surface area contributed by atoms with Crippen LogP contribution in [0.15, 0.2) is 18.2 Å². The molecule has 0 spiro atoms.